The molecule has 0 fully saturated rings. The quantitative estimate of drug-likeness (QED) is 0.789. The molecule has 21 heavy (non-hydrogen) atoms. The van der Waals surface area contributed by atoms with Gasteiger partial charge in [0.1, 0.15) is 5.60 Å². The highest BCUT2D eigenvalue weighted by Gasteiger charge is 2.17. The standard InChI is InChI=1S/C15H17N3O3/c1-15(2,3)21-14(20)18-17-13(19)11-8-9-16-12-7-5-4-6-10(11)12/h4-9H,1-3H3,(H,17,19)(H,18,20). The van der Waals surface area contributed by atoms with Gasteiger partial charge in [0.05, 0.1) is 11.1 Å². The Kier molecular flexibility index (Phi) is 4.07. The third-order valence-corrected chi connectivity index (χ3v) is 2.57. The van der Waals surface area contributed by atoms with Gasteiger partial charge in [-0.2, -0.15) is 0 Å². The number of para-hydroxylation sites is 1. The van der Waals surface area contributed by atoms with Crippen molar-refractivity contribution in [3.8, 4) is 0 Å². The van der Waals surface area contributed by atoms with Crippen molar-refractivity contribution in [3.05, 3.63) is 42.1 Å². The topological polar surface area (TPSA) is 80.3 Å². The van der Waals surface area contributed by atoms with E-state index < -0.39 is 17.6 Å². The SMILES string of the molecule is CC(C)(C)OC(=O)NNC(=O)c1ccnc2ccccc12. The van der Waals surface area contributed by atoms with Gasteiger partial charge in [0.15, 0.2) is 0 Å². The maximum atomic E-state index is 12.1. The highest BCUT2D eigenvalue weighted by molar-refractivity contribution is 6.06. The number of hydrazine groups is 1. The van der Waals surface area contributed by atoms with Crippen LogP contribution in [0.1, 0.15) is 31.1 Å². The molecule has 110 valence electrons. The van der Waals surface area contributed by atoms with Gasteiger partial charge in [-0.15, -0.1) is 0 Å². The summed E-state index contributed by atoms with van der Waals surface area (Å²) in [5.74, 6) is -0.431. The Hall–Kier alpha value is -2.63. The molecular formula is C15H17N3O3. The first-order valence-corrected chi connectivity index (χ1v) is 6.50. The van der Waals surface area contributed by atoms with Crippen LogP contribution in [0.25, 0.3) is 10.9 Å². The first-order valence-electron chi connectivity index (χ1n) is 6.50. The van der Waals surface area contributed by atoms with Gasteiger partial charge in [-0.05, 0) is 32.9 Å². The van der Waals surface area contributed by atoms with Crippen LogP contribution < -0.4 is 10.9 Å². The van der Waals surface area contributed by atoms with Crippen molar-refractivity contribution < 1.29 is 14.3 Å². The molecule has 2 amide bonds. The molecule has 0 atom stereocenters. The molecule has 0 unspecified atom stereocenters. The molecule has 1 aromatic heterocycles. The van der Waals surface area contributed by atoms with Crippen LogP contribution in [-0.4, -0.2) is 22.6 Å². The lowest BCUT2D eigenvalue weighted by Gasteiger charge is -2.19. The van der Waals surface area contributed by atoms with Gasteiger partial charge in [-0.25, -0.2) is 10.2 Å². The van der Waals surface area contributed by atoms with E-state index in [9.17, 15) is 9.59 Å². The van der Waals surface area contributed by atoms with E-state index in [0.717, 1.165) is 0 Å². The predicted molar refractivity (Wildman–Crippen MR) is 78.6 cm³/mol. The van der Waals surface area contributed by atoms with Crippen LogP contribution in [0.5, 0.6) is 0 Å². The van der Waals surface area contributed by atoms with Crippen molar-refractivity contribution in [1.29, 1.82) is 0 Å². The molecule has 1 aromatic carbocycles. The van der Waals surface area contributed by atoms with Crippen LogP contribution in [0.2, 0.25) is 0 Å². The van der Waals surface area contributed by atoms with E-state index in [1.165, 1.54) is 0 Å². The Labute approximate surface area is 122 Å². The molecule has 0 saturated heterocycles. The second kappa shape index (κ2) is 5.78. The summed E-state index contributed by atoms with van der Waals surface area (Å²) in [4.78, 5) is 27.8. The molecule has 6 heteroatoms. The monoisotopic (exact) mass is 287 g/mol. The number of fused-ring (bicyclic) bond motifs is 1. The van der Waals surface area contributed by atoms with Crippen LogP contribution in [0.4, 0.5) is 4.79 Å². The van der Waals surface area contributed by atoms with Gasteiger partial charge in [-0.3, -0.25) is 15.2 Å². The number of ether oxygens (including phenoxy) is 1. The number of aromatic nitrogens is 1. The summed E-state index contributed by atoms with van der Waals surface area (Å²) in [7, 11) is 0. The molecule has 0 spiro atoms. The zero-order valence-electron chi connectivity index (χ0n) is 12.1. The predicted octanol–water partition coefficient (Wildman–Crippen LogP) is 2.40. The van der Waals surface area contributed by atoms with E-state index in [0.29, 0.717) is 16.5 Å². The zero-order chi connectivity index (χ0) is 15.5. The van der Waals surface area contributed by atoms with Crippen molar-refractivity contribution in [2.75, 3.05) is 0 Å². The third kappa shape index (κ3) is 3.92. The first-order chi connectivity index (χ1) is 9.87. The Morgan fingerprint density at radius 3 is 2.52 bits per heavy atom. The van der Waals surface area contributed by atoms with Crippen molar-refractivity contribution in [1.82, 2.24) is 15.8 Å². The summed E-state index contributed by atoms with van der Waals surface area (Å²) in [6.45, 7) is 5.22. The molecule has 0 aliphatic heterocycles. The third-order valence-electron chi connectivity index (χ3n) is 2.57. The number of carbonyl (C=O) groups excluding carboxylic acids is 2. The van der Waals surface area contributed by atoms with Gasteiger partial charge < -0.3 is 4.74 Å². The fraction of sp³-hybridized carbons (Fsp3) is 0.267. The molecule has 6 nitrogen and oxygen atoms in total. The van der Waals surface area contributed by atoms with Crippen LogP contribution in [0.3, 0.4) is 0 Å². The largest absolute Gasteiger partial charge is 0.443 e. The van der Waals surface area contributed by atoms with Crippen molar-refractivity contribution >= 4 is 22.9 Å². The molecule has 0 aliphatic rings. The second-order valence-corrected chi connectivity index (χ2v) is 5.46. The Bertz CT molecular complexity index is 672. The normalized spacial score (nSPS) is 11.0. The number of carbonyl (C=O) groups is 2. The molecular weight excluding hydrogens is 270 g/mol. The first kappa shape index (κ1) is 14.8. The highest BCUT2D eigenvalue weighted by atomic mass is 16.6. The van der Waals surface area contributed by atoms with Crippen molar-refractivity contribution in [3.63, 3.8) is 0 Å². The average molecular weight is 287 g/mol. The smallest absolute Gasteiger partial charge is 0.426 e. The van der Waals surface area contributed by atoms with Crippen LogP contribution in [-0.2, 0) is 4.74 Å². The van der Waals surface area contributed by atoms with E-state index in [-0.39, 0.29) is 0 Å². The molecule has 0 saturated carbocycles. The van der Waals surface area contributed by atoms with Crippen LogP contribution >= 0.6 is 0 Å². The van der Waals surface area contributed by atoms with Crippen molar-refractivity contribution in [2.24, 2.45) is 0 Å². The Morgan fingerprint density at radius 1 is 1.10 bits per heavy atom. The van der Waals surface area contributed by atoms with Gasteiger partial charge in [-0.1, -0.05) is 18.2 Å². The van der Waals surface area contributed by atoms with Crippen LogP contribution in [0.15, 0.2) is 36.5 Å². The lowest BCUT2D eigenvalue weighted by atomic mass is 10.1. The summed E-state index contributed by atoms with van der Waals surface area (Å²) in [6.07, 6.45) is 0.833. The lowest BCUT2D eigenvalue weighted by Crippen LogP contribution is -2.44. The lowest BCUT2D eigenvalue weighted by molar-refractivity contribution is 0.0483. The van der Waals surface area contributed by atoms with Gasteiger partial charge in [0.25, 0.3) is 5.91 Å². The van der Waals surface area contributed by atoms with Gasteiger partial charge in [0, 0.05) is 11.6 Å². The maximum absolute atomic E-state index is 12.1. The molecule has 2 aromatic rings. The van der Waals surface area contributed by atoms with E-state index in [1.54, 1.807) is 39.1 Å². The van der Waals surface area contributed by atoms with Gasteiger partial charge in [0.2, 0.25) is 0 Å². The summed E-state index contributed by atoms with van der Waals surface area (Å²) in [6, 6.07) is 8.87. The van der Waals surface area contributed by atoms with Crippen molar-refractivity contribution in [2.45, 2.75) is 26.4 Å². The molecule has 0 aliphatic carbocycles. The van der Waals surface area contributed by atoms with E-state index in [4.69, 9.17) is 4.74 Å². The molecule has 0 bridgehead atoms. The summed E-state index contributed by atoms with van der Waals surface area (Å²) < 4.78 is 5.03. The van der Waals surface area contributed by atoms with E-state index in [1.807, 2.05) is 18.2 Å². The van der Waals surface area contributed by atoms with E-state index >= 15 is 0 Å². The molecule has 0 radical (unpaired) electrons. The number of amides is 2. The number of rotatable bonds is 1. The number of nitrogens with zero attached hydrogens (tertiary/aromatic N) is 1. The number of benzene rings is 1. The average Bonchev–Trinajstić information content (AvgIpc) is 2.42. The second-order valence-electron chi connectivity index (χ2n) is 5.46. The van der Waals surface area contributed by atoms with E-state index in [2.05, 4.69) is 15.8 Å². The Morgan fingerprint density at radius 2 is 1.81 bits per heavy atom. The number of hydrogen-bond acceptors (Lipinski definition) is 4. The minimum absolute atomic E-state index is 0.427. The maximum Gasteiger partial charge on any atom is 0.426 e. The minimum atomic E-state index is -0.714. The number of hydrogen-bond donors (Lipinski definition) is 2. The highest BCUT2D eigenvalue weighted by Crippen LogP contribution is 2.15. The van der Waals surface area contributed by atoms with Gasteiger partial charge >= 0.3 is 6.09 Å². The van der Waals surface area contributed by atoms with Crippen LogP contribution in [0, 0.1) is 0 Å². The number of pyridine rings is 1. The fourth-order valence-electron chi connectivity index (χ4n) is 1.77. The number of nitrogens with one attached hydrogen (secondary N) is 2. The molecule has 2 N–H and O–H groups in total. The minimum Gasteiger partial charge on any atom is -0.443 e. The summed E-state index contributed by atoms with van der Waals surface area (Å²) in [5.41, 5.74) is 5.05. The molecule has 2 rings (SSSR count). The fourth-order valence-corrected chi connectivity index (χ4v) is 1.77. The summed E-state index contributed by atoms with van der Waals surface area (Å²) in [5, 5.41) is 0.712. The molecule has 1 heterocycles. The summed E-state index contributed by atoms with van der Waals surface area (Å²) >= 11 is 0. The Balaban J connectivity index is 2.08. The zero-order valence-corrected chi connectivity index (χ0v) is 12.1.